The van der Waals surface area contributed by atoms with E-state index in [0.717, 1.165) is 30.7 Å². The number of nitrogens with zero attached hydrogens (tertiary/aromatic N) is 1. The van der Waals surface area contributed by atoms with Gasteiger partial charge in [0.05, 0.1) is 0 Å². The number of hydrogen-bond donors (Lipinski definition) is 1. The van der Waals surface area contributed by atoms with Crippen LogP contribution in [0.5, 0.6) is 0 Å². The molecule has 0 amide bonds. The van der Waals surface area contributed by atoms with Crippen molar-refractivity contribution in [2.75, 3.05) is 5.75 Å². The number of pyridine rings is 1. The normalized spacial score (nSPS) is 11.8. The highest BCUT2D eigenvalue weighted by atomic mass is 32.1. The van der Waals surface area contributed by atoms with E-state index >= 15 is 0 Å². The Balaban J connectivity index is 2.98. The molecule has 0 radical (unpaired) electrons. The van der Waals surface area contributed by atoms with E-state index in [0.29, 0.717) is 0 Å². The molecular weight excluding hydrogens is 218 g/mol. The van der Waals surface area contributed by atoms with Gasteiger partial charge in [-0.1, -0.05) is 13.8 Å². The van der Waals surface area contributed by atoms with Crippen LogP contribution in [0.15, 0.2) is 23.1 Å². The fraction of sp³-hybridized carbons (Fsp3) is 0.615. The van der Waals surface area contributed by atoms with Gasteiger partial charge < -0.3 is 4.57 Å². The molecule has 0 aliphatic rings. The Bertz CT molecular complexity index is 385. The minimum absolute atomic E-state index is 0.0908. The minimum atomic E-state index is 0.0908. The zero-order valence-corrected chi connectivity index (χ0v) is 11.3. The van der Waals surface area contributed by atoms with Crippen LogP contribution in [0, 0.1) is 12.3 Å². The molecule has 0 saturated carbocycles. The van der Waals surface area contributed by atoms with E-state index in [1.54, 1.807) is 10.6 Å². The van der Waals surface area contributed by atoms with E-state index in [4.69, 9.17) is 0 Å². The van der Waals surface area contributed by atoms with Crippen LogP contribution in [0.4, 0.5) is 0 Å². The second-order valence-electron chi connectivity index (χ2n) is 4.54. The molecule has 3 heteroatoms. The standard InChI is InChI=1S/C13H21NOS/c1-4-13(5-2,10-16)9-14-7-6-11(3)8-12(14)15/h6-8,16H,4-5,9-10H2,1-3H3. The summed E-state index contributed by atoms with van der Waals surface area (Å²) in [4.78, 5) is 11.8. The lowest BCUT2D eigenvalue weighted by molar-refractivity contribution is 0.255. The maximum absolute atomic E-state index is 11.8. The Hall–Kier alpha value is -0.700. The SMILES string of the molecule is CCC(CC)(CS)Cn1ccc(C)cc1=O. The molecule has 0 N–H and O–H groups in total. The number of aryl methyl sites for hydroxylation is 1. The summed E-state index contributed by atoms with van der Waals surface area (Å²) in [6, 6.07) is 3.67. The maximum Gasteiger partial charge on any atom is 0.250 e. The van der Waals surface area contributed by atoms with Gasteiger partial charge in [0, 0.05) is 18.8 Å². The molecule has 1 aromatic heterocycles. The van der Waals surface area contributed by atoms with E-state index in [1.807, 2.05) is 19.2 Å². The molecule has 2 nitrogen and oxygen atoms in total. The molecule has 0 fully saturated rings. The average Bonchev–Trinajstić information content (AvgIpc) is 2.29. The Morgan fingerprint density at radius 1 is 1.38 bits per heavy atom. The third kappa shape index (κ3) is 2.91. The second-order valence-corrected chi connectivity index (χ2v) is 4.85. The van der Waals surface area contributed by atoms with E-state index in [1.165, 1.54) is 0 Å². The van der Waals surface area contributed by atoms with Gasteiger partial charge in [-0.15, -0.1) is 0 Å². The first-order valence-electron chi connectivity index (χ1n) is 5.85. The van der Waals surface area contributed by atoms with Crippen molar-refractivity contribution in [3.8, 4) is 0 Å². The second kappa shape index (κ2) is 5.58. The van der Waals surface area contributed by atoms with Crippen LogP contribution in [0.1, 0.15) is 32.3 Å². The highest BCUT2D eigenvalue weighted by Gasteiger charge is 2.25. The lowest BCUT2D eigenvalue weighted by Crippen LogP contribution is -2.32. The predicted octanol–water partition coefficient (Wildman–Crippen LogP) is 2.89. The Morgan fingerprint density at radius 3 is 2.44 bits per heavy atom. The molecule has 0 aliphatic heterocycles. The molecule has 0 aliphatic carbocycles. The summed E-state index contributed by atoms with van der Waals surface area (Å²) in [5.74, 6) is 0.820. The van der Waals surface area contributed by atoms with Crippen molar-refractivity contribution in [3.05, 3.63) is 34.2 Å². The van der Waals surface area contributed by atoms with Crippen molar-refractivity contribution in [1.29, 1.82) is 0 Å². The first-order chi connectivity index (χ1) is 7.56. The molecule has 1 aromatic rings. The fourth-order valence-corrected chi connectivity index (χ4v) is 2.39. The molecule has 90 valence electrons. The fourth-order valence-electron chi connectivity index (χ4n) is 1.85. The summed E-state index contributed by atoms with van der Waals surface area (Å²) < 4.78 is 1.80. The molecule has 16 heavy (non-hydrogen) atoms. The molecule has 1 heterocycles. The molecule has 1 rings (SSSR count). The molecule has 0 unspecified atom stereocenters. The van der Waals surface area contributed by atoms with Gasteiger partial charge in [0.1, 0.15) is 0 Å². The molecule has 0 bridgehead atoms. The third-order valence-corrected chi connectivity index (χ3v) is 4.16. The van der Waals surface area contributed by atoms with E-state index in [-0.39, 0.29) is 11.0 Å². The predicted molar refractivity (Wildman–Crippen MR) is 72.3 cm³/mol. The average molecular weight is 239 g/mol. The van der Waals surface area contributed by atoms with Gasteiger partial charge in [0.2, 0.25) is 0 Å². The minimum Gasteiger partial charge on any atom is -0.315 e. The number of hydrogen-bond acceptors (Lipinski definition) is 2. The molecular formula is C13H21NOS. The van der Waals surface area contributed by atoms with Gasteiger partial charge in [0.15, 0.2) is 0 Å². The number of thiol groups is 1. The maximum atomic E-state index is 11.8. The highest BCUT2D eigenvalue weighted by Crippen LogP contribution is 2.29. The van der Waals surface area contributed by atoms with Crippen molar-refractivity contribution in [3.63, 3.8) is 0 Å². The summed E-state index contributed by atoms with van der Waals surface area (Å²) in [5, 5.41) is 0. The first-order valence-corrected chi connectivity index (χ1v) is 6.48. The van der Waals surface area contributed by atoms with Gasteiger partial charge in [-0.3, -0.25) is 4.79 Å². The van der Waals surface area contributed by atoms with E-state index < -0.39 is 0 Å². The summed E-state index contributed by atoms with van der Waals surface area (Å²) >= 11 is 4.43. The van der Waals surface area contributed by atoms with Crippen molar-refractivity contribution >= 4 is 12.6 Å². The quantitative estimate of drug-likeness (QED) is 0.784. The number of rotatable bonds is 5. The Morgan fingerprint density at radius 2 is 2.00 bits per heavy atom. The van der Waals surface area contributed by atoms with Crippen LogP contribution in [0.3, 0.4) is 0 Å². The largest absolute Gasteiger partial charge is 0.315 e. The Labute approximate surface area is 103 Å². The van der Waals surface area contributed by atoms with Crippen molar-refractivity contribution in [2.45, 2.75) is 40.2 Å². The van der Waals surface area contributed by atoms with E-state index in [2.05, 4.69) is 26.5 Å². The topological polar surface area (TPSA) is 22.0 Å². The van der Waals surface area contributed by atoms with Crippen LogP contribution in [-0.4, -0.2) is 10.3 Å². The molecule has 0 saturated heterocycles. The number of aromatic nitrogens is 1. The Kier molecular flexibility index (Phi) is 4.66. The van der Waals surface area contributed by atoms with Gasteiger partial charge in [-0.05, 0) is 42.6 Å². The summed E-state index contributed by atoms with van der Waals surface area (Å²) in [6.07, 6.45) is 3.99. The molecule has 0 aromatic carbocycles. The zero-order chi connectivity index (χ0) is 12.2. The van der Waals surface area contributed by atoms with Crippen molar-refractivity contribution < 1.29 is 0 Å². The first kappa shape index (κ1) is 13.4. The summed E-state index contributed by atoms with van der Waals surface area (Å²) in [7, 11) is 0. The summed E-state index contributed by atoms with van der Waals surface area (Å²) in [6.45, 7) is 7.04. The van der Waals surface area contributed by atoms with Crippen molar-refractivity contribution in [1.82, 2.24) is 4.57 Å². The lowest BCUT2D eigenvalue weighted by atomic mass is 9.84. The zero-order valence-electron chi connectivity index (χ0n) is 10.4. The van der Waals surface area contributed by atoms with E-state index in [9.17, 15) is 4.79 Å². The smallest absolute Gasteiger partial charge is 0.250 e. The van der Waals surface area contributed by atoms with Gasteiger partial charge in [-0.2, -0.15) is 12.6 Å². The van der Waals surface area contributed by atoms with Gasteiger partial charge in [0.25, 0.3) is 5.56 Å². The summed E-state index contributed by atoms with van der Waals surface area (Å²) in [5.41, 5.74) is 1.25. The monoisotopic (exact) mass is 239 g/mol. The van der Waals surface area contributed by atoms with Gasteiger partial charge >= 0.3 is 0 Å². The van der Waals surface area contributed by atoms with Crippen LogP contribution >= 0.6 is 12.6 Å². The lowest BCUT2D eigenvalue weighted by Gasteiger charge is -2.30. The van der Waals surface area contributed by atoms with Crippen LogP contribution in [-0.2, 0) is 6.54 Å². The highest BCUT2D eigenvalue weighted by molar-refractivity contribution is 7.80. The van der Waals surface area contributed by atoms with Crippen LogP contribution in [0.2, 0.25) is 0 Å². The van der Waals surface area contributed by atoms with Gasteiger partial charge in [-0.25, -0.2) is 0 Å². The third-order valence-electron chi connectivity index (χ3n) is 3.49. The van der Waals surface area contributed by atoms with Crippen LogP contribution in [0.25, 0.3) is 0 Å². The molecule has 0 atom stereocenters. The van der Waals surface area contributed by atoms with Crippen molar-refractivity contribution in [2.24, 2.45) is 5.41 Å². The van der Waals surface area contributed by atoms with Crippen LogP contribution < -0.4 is 5.56 Å². The molecule has 0 spiro atoms.